The van der Waals surface area contributed by atoms with Crippen molar-refractivity contribution in [2.24, 2.45) is 18.7 Å². The molecule has 2 N–H and O–H groups in total. The van der Waals surface area contributed by atoms with Crippen LogP contribution in [0.4, 0.5) is 0 Å². The second-order valence-corrected chi connectivity index (χ2v) is 4.02. The SMILES string of the molecule is Cn1ccc(CCC(N)C2CC2)n1. The predicted octanol–water partition coefficient (Wildman–Crippen LogP) is 1.09. The van der Waals surface area contributed by atoms with Crippen molar-refractivity contribution in [3.63, 3.8) is 0 Å². The number of hydrogen-bond donors (Lipinski definition) is 1. The van der Waals surface area contributed by atoms with E-state index in [4.69, 9.17) is 5.73 Å². The maximum atomic E-state index is 6.00. The van der Waals surface area contributed by atoms with Crippen molar-refractivity contribution in [2.45, 2.75) is 31.7 Å². The average molecular weight is 179 g/mol. The Balaban J connectivity index is 1.78. The average Bonchev–Trinajstić information content (AvgIpc) is 2.87. The number of nitrogens with zero attached hydrogens (tertiary/aromatic N) is 2. The van der Waals surface area contributed by atoms with Gasteiger partial charge in [-0.1, -0.05) is 0 Å². The normalized spacial score (nSPS) is 18.9. The Labute approximate surface area is 78.9 Å². The standard InChI is InChI=1S/C10H17N3/c1-13-7-6-9(12-13)4-5-10(11)8-2-3-8/h6-8,10H,2-5,11H2,1H3. The molecule has 0 spiro atoms. The Morgan fingerprint density at radius 2 is 2.46 bits per heavy atom. The summed E-state index contributed by atoms with van der Waals surface area (Å²) in [6.45, 7) is 0. The van der Waals surface area contributed by atoms with Crippen LogP contribution in [0.1, 0.15) is 25.0 Å². The summed E-state index contributed by atoms with van der Waals surface area (Å²) >= 11 is 0. The van der Waals surface area contributed by atoms with Gasteiger partial charge in [0.05, 0.1) is 5.69 Å². The number of rotatable bonds is 4. The first kappa shape index (κ1) is 8.75. The van der Waals surface area contributed by atoms with Crippen LogP contribution < -0.4 is 5.73 Å². The summed E-state index contributed by atoms with van der Waals surface area (Å²) in [5, 5.41) is 4.32. The van der Waals surface area contributed by atoms with Gasteiger partial charge in [0.2, 0.25) is 0 Å². The molecule has 1 aromatic heterocycles. The quantitative estimate of drug-likeness (QED) is 0.752. The van der Waals surface area contributed by atoms with Crippen molar-refractivity contribution in [3.05, 3.63) is 18.0 Å². The van der Waals surface area contributed by atoms with Crippen molar-refractivity contribution in [1.29, 1.82) is 0 Å². The van der Waals surface area contributed by atoms with E-state index in [1.807, 2.05) is 17.9 Å². The van der Waals surface area contributed by atoms with Crippen LogP contribution in [0, 0.1) is 5.92 Å². The van der Waals surface area contributed by atoms with Gasteiger partial charge in [-0.25, -0.2) is 0 Å². The topological polar surface area (TPSA) is 43.8 Å². The lowest BCUT2D eigenvalue weighted by Crippen LogP contribution is -2.22. The van der Waals surface area contributed by atoms with Gasteiger partial charge in [0, 0.05) is 19.3 Å². The molecule has 1 heterocycles. The van der Waals surface area contributed by atoms with Crippen molar-refractivity contribution in [1.82, 2.24) is 9.78 Å². The highest BCUT2D eigenvalue weighted by Crippen LogP contribution is 2.33. The van der Waals surface area contributed by atoms with Crippen LogP contribution in [-0.4, -0.2) is 15.8 Å². The van der Waals surface area contributed by atoms with Gasteiger partial charge in [-0.2, -0.15) is 5.10 Å². The Morgan fingerprint density at radius 3 is 3.00 bits per heavy atom. The maximum absolute atomic E-state index is 6.00. The molecular weight excluding hydrogens is 162 g/mol. The van der Waals surface area contributed by atoms with Gasteiger partial charge in [-0.05, 0) is 37.7 Å². The molecule has 13 heavy (non-hydrogen) atoms. The fourth-order valence-electron chi connectivity index (χ4n) is 1.67. The van der Waals surface area contributed by atoms with Gasteiger partial charge in [-0.15, -0.1) is 0 Å². The second kappa shape index (κ2) is 3.50. The number of hydrogen-bond acceptors (Lipinski definition) is 2. The molecule has 0 saturated heterocycles. The molecule has 0 aliphatic heterocycles. The van der Waals surface area contributed by atoms with Crippen LogP contribution >= 0.6 is 0 Å². The van der Waals surface area contributed by atoms with E-state index < -0.39 is 0 Å². The molecule has 0 aromatic carbocycles. The van der Waals surface area contributed by atoms with Gasteiger partial charge < -0.3 is 5.73 Å². The molecule has 72 valence electrons. The van der Waals surface area contributed by atoms with E-state index in [1.165, 1.54) is 18.5 Å². The lowest BCUT2D eigenvalue weighted by Gasteiger charge is -2.07. The zero-order valence-corrected chi connectivity index (χ0v) is 8.11. The van der Waals surface area contributed by atoms with Crippen LogP contribution in [0.3, 0.4) is 0 Å². The summed E-state index contributed by atoms with van der Waals surface area (Å²) in [4.78, 5) is 0. The van der Waals surface area contributed by atoms with Crippen molar-refractivity contribution >= 4 is 0 Å². The fourth-order valence-corrected chi connectivity index (χ4v) is 1.67. The zero-order chi connectivity index (χ0) is 9.26. The second-order valence-electron chi connectivity index (χ2n) is 4.02. The van der Waals surface area contributed by atoms with Crippen molar-refractivity contribution < 1.29 is 0 Å². The maximum Gasteiger partial charge on any atom is 0.0625 e. The van der Waals surface area contributed by atoms with E-state index in [0.717, 1.165) is 18.8 Å². The molecule has 1 saturated carbocycles. The Kier molecular flexibility index (Phi) is 2.36. The summed E-state index contributed by atoms with van der Waals surface area (Å²) in [6, 6.07) is 2.47. The highest BCUT2D eigenvalue weighted by Gasteiger charge is 2.27. The minimum Gasteiger partial charge on any atom is -0.327 e. The lowest BCUT2D eigenvalue weighted by molar-refractivity contribution is 0.544. The lowest BCUT2D eigenvalue weighted by atomic mass is 10.1. The van der Waals surface area contributed by atoms with Crippen LogP contribution in [0.25, 0.3) is 0 Å². The monoisotopic (exact) mass is 179 g/mol. The van der Waals surface area contributed by atoms with Crippen LogP contribution in [0.5, 0.6) is 0 Å². The molecule has 3 heteroatoms. The Bertz CT molecular complexity index is 275. The van der Waals surface area contributed by atoms with Crippen molar-refractivity contribution in [2.75, 3.05) is 0 Å². The molecule has 1 fully saturated rings. The first-order valence-corrected chi connectivity index (χ1v) is 5.00. The summed E-state index contributed by atoms with van der Waals surface area (Å²) in [6.07, 6.45) is 6.77. The largest absolute Gasteiger partial charge is 0.327 e. The highest BCUT2D eigenvalue weighted by molar-refractivity contribution is 4.99. The summed E-state index contributed by atoms with van der Waals surface area (Å²) < 4.78 is 1.85. The third-order valence-corrected chi connectivity index (χ3v) is 2.73. The summed E-state index contributed by atoms with van der Waals surface area (Å²) in [5.74, 6) is 0.809. The van der Waals surface area contributed by atoms with Crippen LogP contribution in [0.15, 0.2) is 12.3 Å². The molecule has 1 atom stereocenters. The highest BCUT2D eigenvalue weighted by atomic mass is 15.2. The number of aryl methyl sites for hydroxylation is 2. The van der Waals surface area contributed by atoms with Gasteiger partial charge in [0.15, 0.2) is 0 Å². The van der Waals surface area contributed by atoms with E-state index in [-0.39, 0.29) is 0 Å². The van der Waals surface area contributed by atoms with Crippen molar-refractivity contribution in [3.8, 4) is 0 Å². The minimum atomic E-state index is 0.405. The fraction of sp³-hybridized carbons (Fsp3) is 0.700. The van der Waals surface area contributed by atoms with Gasteiger partial charge in [-0.3, -0.25) is 4.68 Å². The number of nitrogens with two attached hydrogens (primary N) is 1. The molecule has 2 rings (SSSR count). The van der Waals surface area contributed by atoms with Crippen LogP contribution in [0.2, 0.25) is 0 Å². The smallest absolute Gasteiger partial charge is 0.0625 e. The first-order valence-electron chi connectivity index (χ1n) is 5.00. The van der Waals surface area contributed by atoms with E-state index in [2.05, 4.69) is 11.2 Å². The molecular formula is C10H17N3. The zero-order valence-electron chi connectivity index (χ0n) is 8.11. The van der Waals surface area contributed by atoms with Gasteiger partial charge in [0.25, 0.3) is 0 Å². The molecule has 0 amide bonds. The van der Waals surface area contributed by atoms with E-state index in [0.29, 0.717) is 6.04 Å². The van der Waals surface area contributed by atoms with Gasteiger partial charge >= 0.3 is 0 Å². The summed E-state index contributed by atoms with van der Waals surface area (Å²) in [7, 11) is 1.95. The molecule has 1 aliphatic carbocycles. The summed E-state index contributed by atoms with van der Waals surface area (Å²) in [5.41, 5.74) is 7.16. The van der Waals surface area contributed by atoms with E-state index in [9.17, 15) is 0 Å². The molecule has 1 aliphatic rings. The molecule has 3 nitrogen and oxygen atoms in total. The van der Waals surface area contributed by atoms with Crippen LogP contribution in [-0.2, 0) is 13.5 Å². The molecule has 1 aromatic rings. The third kappa shape index (κ3) is 2.31. The molecule has 0 radical (unpaired) electrons. The molecule has 0 bridgehead atoms. The number of aromatic nitrogens is 2. The minimum absolute atomic E-state index is 0.405. The third-order valence-electron chi connectivity index (χ3n) is 2.73. The molecule has 1 unspecified atom stereocenters. The van der Waals surface area contributed by atoms with E-state index in [1.54, 1.807) is 0 Å². The van der Waals surface area contributed by atoms with Gasteiger partial charge in [0.1, 0.15) is 0 Å². The first-order chi connectivity index (χ1) is 6.25. The Morgan fingerprint density at radius 1 is 1.69 bits per heavy atom. The van der Waals surface area contributed by atoms with E-state index >= 15 is 0 Å². The Hall–Kier alpha value is -0.830. The predicted molar refractivity (Wildman–Crippen MR) is 52.2 cm³/mol.